The monoisotopic (exact) mass is 276 g/mol. The summed E-state index contributed by atoms with van der Waals surface area (Å²) in [6, 6.07) is 14.2. The second-order valence-corrected chi connectivity index (χ2v) is 5.94. The normalized spacial score (nSPS) is 15.2. The molecule has 0 fully saturated rings. The van der Waals surface area contributed by atoms with Gasteiger partial charge in [-0.3, -0.25) is 0 Å². The molecule has 3 nitrogen and oxygen atoms in total. The van der Waals surface area contributed by atoms with Crippen molar-refractivity contribution in [3.05, 3.63) is 58.7 Å². The zero-order chi connectivity index (χ0) is 15.2. The van der Waals surface area contributed by atoms with Crippen LogP contribution < -0.4 is 0 Å². The van der Waals surface area contributed by atoms with Crippen LogP contribution in [0, 0.1) is 11.3 Å². The molecule has 2 aromatic rings. The van der Waals surface area contributed by atoms with Crippen LogP contribution >= 0.6 is 0 Å². The van der Waals surface area contributed by atoms with E-state index in [9.17, 15) is 0 Å². The number of benzene rings is 2. The molecular formula is C18H16N2O. The number of hydrogen-bond acceptors (Lipinski definition) is 3. The highest BCUT2D eigenvalue weighted by atomic mass is 16.4. The second-order valence-electron chi connectivity index (χ2n) is 5.94. The van der Waals surface area contributed by atoms with Gasteiger partial charge in [0, 0.05) is 5.41 Å². The van der Waals surface area contributed by atoms with E-state index in [-0.39, 0.29) is 5.41 Å². The number of nitriles is 1. The Kier molecular flexibility index (Phi) is 2.84. The first kappa shape index (κ1) is 13.4. The third-order valence-electron chi connectivity index (χ3n) is 4.37. The Bertz CT molecular complexity index is 810. The smallest absolute Gasteiger partial charge is 0.0991 e. The van der Waals surface area contributed by atoms with Crippen molar-refractivity contribution < 1.29 is 5.21 Å². The molecule has 0 amide bonds. The van der Waals surface area contributed by atoms with Crippen molar-refractivity contribution in [2.24, 2.45) is 5.16 Å². The lowest BCUT2D eigenvalue weighted by Crippen LogP contribution is -2.15. The highest BCUT2D eigenvalue weighted by Crippen LogP contribution is 2.49. The Balaban J connectivity index is 2.26. The zero-order valence-corrected chi connectivity index (χ0v) is 12.3. The molecule has 0 radical (unpaired) electrons. The molecule has 0 unspecified atom stereocenters. The van der Waals surface area contributed by atoms with Gasteiger partial charge < -0.3 is 5.21 Å². The first-order chi connectivity index (χ1) is 9.98. The third-order valence-corrected chi connectivity index (χ3v) is 4.37. The Morgan fingerprint density at radius 3 is 2.33 bits per heavy atom. The average Bonchev–Trinajstić information content (AvgIpc) is 2.74. The fourth-order valence-corrected chi connectivity index (χ4v) is 3.09. The van der Waals surface area contributed by atoms with Crippen LogP contribution in [0.1, 0.15) is 43.0 Å². The average molecular weight is 276 g/mol. The second kappa shape index (κ2) is 4.46. The maximum Gasteiger partial charge on any atom is 0.0991 e. The number of oxime groups is 1. The molecule has 0 aromatic heterocycles. The van der Waals surface area contributed by atoms with Crippen LogP contribution in [0.5, 0.6) is 0 Å². The summed E-state index contributed by atoms with van der Waals surface area (Å²) in [4.78, 5) is 0. The third kappa shape index (κ3) is 1.84. The molecule has 0 bridgehead atoms. The minimum atomic E-state index is -0.163. The summed E-state index contributed by atoms with van der Waals surface area (Å²) < 4.78 is 0. The van der Waals surface area contributed by atoms with Gasteiger partial charge in [-0.25, -0.2) is 0 Å². The summed E-state index contributed by atoms with van der Waals surface area (Å²) in [5, 5.41) is 21.4. The number of fused-ring (bicyclic) bond motifs is 3. The topological polar surface area (TPSA) is 56.4 Å². The van der Waals surface area contributed by atoms with Crippen molar-refractivity contribution >= 4 is 5.71 Å². The van der Waals surface area contributed by atoms with Crippen LogP contribution in [0.15, 0.2) is 41.6 Å². The Hall–Kier alpha value is -2.60. The molecule has 0 spiro atoms. The molecule has 104 valence electrons. The van der Waals surface area contributed by atoms with Gasteiger partial charge in [-0.05, 0) is 52.9 Å². The molecule has 21 heavy (non-hydrogen) atoms. The van der Waals surface area contributed by atoms with Crippen molar-refractivity contribution in [3.63, 3.8) is 0 Å². The molecule has 0 heterocycles. The van der Waals surface area contributed by atoms with E-state index >= 15 is 0 Å². The van der Waals surface area contributed by atoms with Gasteiger partial charge in [-0.15, -0.1) is 0 Å². The van der Waals surface area contributed by atoms with Gasteiger partial charge in [0.2, 0.25) is 0 Å². The van der Waals surface area contributed by atoms with Gasteiger partial charge in [0.25, 0.3) is 0 Å². The Morgan fingerprint density at radius 2 is 1.71 bits per heavy atom. The molecule has 0 saturated heterocycles. The highest BCUT2D eigenvalue weighted by molar-refractivity contribution is 5.99. The van der Waals surface area contributed by atoms with Gasteiger partial charge in [-0.1, -0.05) is 37.2 Å². The first-order valence-electron chi connectivity index (χ1n) is 6.87. The van der Waals surface area contributed by atoms with E-state index in [1.807, 2.05) is 24.3 Å². The van der Waals surface area contributed by atoms with Crippen molar-refractivity contribution in [3.8, 4) is 17.2 Å². The Morgan fingerprint density at radius 1 is 1.10 bits per heavy atom. The SMILES string of the molecule is CC(=NO)c1ccc2c(c1)C(C)(C)c1cc(C#N)ccc1-2. The van der Waals surface area contributed by atoms with Crippen LogP contribution in [-0.2, 0) is 5.41 Å². The molecule has 3 heteroatoms. The van der Waals surface area contributed by atoms with E-state index < -0.39 is 0 Å². The van der Waals surface area contributed by atoms with E-state index in [0.29, 0.717) is 11.3 Å². The summed E-state index contributed by atoms with van der Waals surface area (Å²) in [5.41, 5.74) is 6.78. The number of nitrogens with zero attached hydrogens (tertiary/aromatic N) is 2. The highest BCUT2D eigenvalue weighted by Gasteiger charge is 2.35. The molecule has 2 aromatic carbocycles. The molecule has 1 N–H and O–H groups in total. The van der Waals surface area contributed by atoms with Gasteiger partial charge in [0.1, 0.15) is 0 Å². The summed E-state index contributed by atoms with van der Waals surface area (Å²) in [6.07, 6.45) is 0. The van der Waals surface area contributed by atoms with Crippen molar-refractivity contribution in [2.75, 3.05) is 0 Å². The number of rotatable bonds is 1. The first-order valence-corrected chi connectivity index (χ1v) is 6.87. The molecule has 0 aliphatic heterocycles. The van der Waals surface area contributed by atoms with E-state index in [1.54, 1.807) is 6.92 Å². The van der Waals surface area contributed by atoms with Crippen LogP contribution in [0.25, 0.3) is 11.1 Å². The van der Waals surface area contributed by atoms with Crippen LogP contribution in [0.2, 0.25) is 0 Å². The molecule has 0 saturated carbocycles. The van der Waals surface area contributed by atoms with E-state index in [1.165, 1.54) is 22.3 Å². The lowest BCUT2D eigenvalue weighted by Gasteiger charge is -2.22. The molecule has 1 aliphatic rings. The quantitative estimate of drug-likeness (QED) is 0.485. The fourth-order valence-electron chi connectivity index (χ4n) is 3.09. The van der Waals surface area contributed by atoms with E-state index in [0.717, 1.165) is 5.56 Å². The van der Waals surface area contributed by atoms with Gasteiger partial charge in [0.05, 0.1) is 17.3 Å². The summed E-state index contributed by atoms with van der Waals surface area (Å²) in [7, 11) is 0. The molecule has 1 aliphatic carbocycles. The predicted octanol–water partition coefficient (Wildman–Crippen LogP) is 4.06. The molecule has 3 rings (SSSR count). The van der Waals surface area contributed by atoms with Crippen molar-refractivity contribution in [2.45, 2.75) is 26.2 Å². The largest absolute Gasteiger partial charge is 0.411 e. The van der Waals surface area contributed by atoms with Crippen LogP contribution in [-0.4, -0.2) is 10.9 Å². The van der Waals surface area contributed by atoms with Gasteiger partial charge in [-0.2, -0.15) is 5.26 Å². The molecular weight excluding hydrogens is 260 g/mol. The summed E-state index contributed by atoms with van der Waals surface area (Å²) in [5.74, 6) is 0. The Labute approximate surface area is 124 Å². The lowest BCUT2D eigenvalue weighted by atomic mass is 9.81. The van der Waals surface area contributed by atoms with Crippen molar-refractivity contribution in [1.82, 2.24) is 0 Å². The van der Waals surface area contributed by atoms with Crippen molar-refractivity contribution in [1.29, 1.82) is 5.26 Å². The zero-order valence-electron chi connectivity index (χ0n) is 12.3. The van der Waals surface area contributed by atoms with Gasteiger partial charge >= 0.3 is 0 Å². The number of hydrogen-bond donors (Lipinski definition) is 1. The van der Waals surface area contributed by atoms with Gasteiger partial charge in [0.15, 0.2) is 0 Å². The van der Waals surface area contributed by atoms with E-state index in [2.05, 4.69) is 37.2 Å². The fraction of sp³-hybridized carbons (Fsp3) is 0.222. The van der Waals surface area contributed by atoms with Crippen LogP contribution in [0.3, 0.4) is 0 Å². The lowest BCUT2D eigenvalue weighted by molar-refractivity contribution is 0.319. The summed E-state index contributed by atoms with van der Waals surface area (Å²) in [6.45, 7) is 6.10. The minimum Gasteiger partial charge on any atom is -0.411 e. The van der Waals surface area contributed by atoms with Crippen LogP contribution in [0.4, 0.5) is 0 Å². The maximum absolute atomic E-state index is 9.11. The minimum absolute atomic E-state index is 0.163. The maximum atomic E-state index is 9.11. The molecule has 0 atom stereocenters. The predicted molar refractivity (Wildman–Crippen MR) is 82.7 cm³/mol. The summed E-state index contributed by atoms with van der Waals surface area (Å²) >= 11 is 0. The standard InChI is InChI=1S/C18H16N2O/c1-11(20-21)13-5-7-15-14-6-4-12(10-19)8-16(14)18(2,3)17(15)9-13/h4-9,21H,1-3H3. The van der Waals surface area contributed by atoms with E-state index in [4.69, 9.17) is 10.5 Å².